The van der Waals surface area contributed by atoms with E-state index in [1.807, 2.05) is 0 Å². The molecule has 0 bridgehead atoms. The lowest BCUT2D eigenvalue weighted by molar-refractivity contribution is -0.163. The van der Waals surface area contributed by atoms with Gasteiger partial charge in [0.15, 0.2) is 6.61 Å². The predicted molar refractivity (Wildman–Crippen MR) is 77.7 cm³/mol. The molecular formula is C15H13F4NO2S. The number of hydrogen-bond donors (Lipinski definition) is 0. The molecule has 1 aromatic heterocycles. The Morgan fingerprint density at radius 2 is 1.87 bits per heavy atom. The molecule has 3 nitrogen and oxygen atoms in total. The van der Waals surface area contributed by atoms with Crippen LogP contribution in [0.25, 0.3) is 0 Å². The van der Waals surface area contributed by atoms with Crippen molar-refractivity contribution < 1.29 is 27.1 Å². The number of carbonyl (C=O) groups is 1. The first-order valence-electron chi connectivity index (χ1n) is 6.57. The van der Waals surface area contributed by atoms with Gasteiger partial charge in [0.1, 0.15) is 18.1 Å². The number of amides is 1. The van der Waals surface area contributed by atoms with Gasteiger partial charge < -0.3 is 9.64 Å². The van der Waals surface area contributed by atoms with E-state index in [9.17, 15) is 22.4 Å². The molecule has 8 heteroatoms. The van der Waals surface area contributed by atoms with Crippen LogP contribution in [0, 0.1) is 5.82 Å². The number of alkyl halides is 3. The van der Waals surface area contributed by atoms with Gasteiger partial charge in [-0.15, -0.1) is 0 Å². The summed E-state index contributed by atoms with van der Waals surface area (Å²) < 4.78 is 55.8. The third kappa shape index (κ3) is 5.90. The lowest BCUT2D eigenvalue weighted by atomic mass is 10.3. The lowest BCUT2D eigenvalue weighted by Gasteiger charge is -2.23. The standard InChI is InChI=1S/C15H13F4NO2S/c16-12-1-3-13(4-2-12)22-8-14(21)20(10-15(17,18)19)7-11-5-6-23-9-11/h1-6,9H,7-8,10H2. The molecule has 0 aliphatic rings. The fraction of sp³-hybridized carbons (Fsp3) is 0.267. The van der Waals surface area contributed by atoms with Crippen molar-refractivity contribution in [3.8, 4) is 5.75 Å². The molecular weight excluding hydrogens is 334 g/mol. The quantitative estimate of drug-likeness (QED) is 0.743. The van der Waals surface area contributed by atoms with Gasteiger partial charge in [-0.2, -0.15) is 24.5 Å². The van der Waals surface area contributed by atoms with E-state index >= 15 is 0 Å². The van der Waals surface area contributed by atoms with Crippen LogP contribution in [-0.4, -0.2) is 30.1 Å². The Bertz CT molecular complexity index is 626. The summed E-state index contributed by atoms with van der Waals surface area (Å²) in [4.78, 5) is 12.7. The largest absolute Gasteiger partial charge is 0.484 e. The zero-order chi connectivity index (χ0) is 16.9. The summed E-state index contributed by atoms with van der Waals surface area (Å²) in [7, 11) is 0. The molecule has 0 saturated carbocycles. The number of nitrogens with zero attached hydrogens (tertiary/aromatic N) is 1. The maximum absolute atomic E-state index is 12.8. The summed E-state index contributed by atoms with van der Waals surface area (Å²) in [5.41, 5.74) is 0.620. The smallest absolute Gasteiger partial charge is 0.406 e. The van der Waals surface area contributed by atoms with Gasteiger partial charge in [-0.05, 0) is 46.7 Å². The minimum Gasteiger partial charge on any atom is -0.484 e. The summed E-state index contributed by atoms with van der Waals surface area (Å²) in [5, 5.41) is 3.40. The first kappa shape index (κ1) is 17.3. The van der Waals surface area contributed by atoms with Crippen molar-refractivity contribution in [1.82, 2.24) is 4.90 Å². The summed E-state index contributed by atoms with van der Waals surface area (Å²) in [6.07, 6.45) is -4.50. The van der Waals surface area contributed by atoms with Gasteiger partial charge in [0.05, 0.1) is 0 Å². The van der Waals surface area contributed by atoms with Crippen molar-refractivity contribution in [3.05, 3.63) is 52.5 Å². The second-order valence-corrected chi connectivity index (χ2v) is 5.52. The van der Waals surface area contributed by atoms with Crippen molar-refractivity contribution in [3.63, 3.8) is 0 Å². The predicted octanol–water partition coefficient (Wildman–Crippen LogP) is 3.86. The van der Waals surface area contributed by atoms with Crippen molar-refractivity contribution in [2.75, 3.05) is 13.2 Å². The first-order valence-corrected chi connectivity index (χ1v) is 7.52. The third-order valence-electron chi connectivity index (χ3n) is 2.85. The Kier molecular flexibility index (Phi) is 5.59. The van der Waals surface area contributed by atoms with Crippen LogP contribution in [-0.2, 0) is 11.3 Å². The second-order valence-electron chi connectivity index (χ2n) is 4.74. The topological polar surface area (TPSA) is 29.5 Å². The van der Waals surface area contributed by atoms with E-state index in [2.05, 4.69) is 0 Å². The summed E-state index contributed by atoms with van der Waals surface area (Å²) in [6.45, 7) is -2.05. The van der Waals surface area contributed by atoms with Gasteiger partial charge >= 0.3 is 6.18 Å². The molecule has 0 fully saturated rings. The average Bonchev–Trinajstić information content (AvgIpc) is 2.97. The Hall–Kier alpha value is -2.09. The average molecular weight is 347 g/mol. The first-order chi connectivity index (χ1) is 10.8. The number of halogens is 4. The van der Waals surface area contributed by atoms with E-state index in [0.29, 0.717) is 10.5 Å². The van der Waals surface area contributed by atoms with Gasteiger partial charge in [0.2, 0.25) is 0 Å². The Balaban J connectivity index is 1.98. The molecule has 2 rings (SSSR count). The van der Waals surface area contributed by atoms with E-state index in [4.69, 9.17) is 4.74 Å². The van der Waals surface area contributed by atoms with E-state index in [-0.39, 0.29) is 12.3 Å². The molecule has 2 aromatic rings. The summed E-state index contributed by atoms with van der Waals surface area (Å²) in [5.74, 6) is -1.06. The fourth-order valence-corrected chi connectivity index (χ4v) is 2.48. The molecule has 0 spiro atoms. The third-order valence-corrected chi connectivity index (χ3v) is 3.58. The number of rotatable bonds is 6. The molecule has 0 N–H and O–H groups in total. The van der Waals surface area contributed by atoms with Crippen LogP contribution < -0.4 is 4.74 Å². The van der Waals surface area contributed by atoms with Crippen LogP contribution >= 0.6 is 11.3 Å². The van der Waals surface area contributed by atoms with Crippen molar-refractivity contribution in [1.29, 1.82) is 0 Å². The van der Waals surface area contributed by atoms with E-state index in [1.165, 1.54) is 23.5 Å². The van der Waals surface area contributed by atoms with Crippen LogP contribution in [0.2, 0.25) is 0 Å². The number of ether oxygens (including phenoxy) is 1. The van der Waals surface area contributed by atoms with Crippen molar-refractivity contribution >= 4 is 17.2 Å². The highest BCUT2D eigenvalue weighted by atomic mass is 32.1. The van der Waals surface area contributed by atoms with Crippen molar-refractivity contribution in [2.24, 2.45) is 0 Å². The normalized spacial score (nSPS) is 11.3. The molecule has 0 radical (unpaired) electrons. The SMILES string of the molecule is O=C(COc1ccc(F)cc1)N(Cc1ccsc1)CC(F)(F)F. The number of benzene rings is 1. The summed E-state index contributed by atoms with van der Waals surface area (Å²) >= 11 is 1.34. The van der Waals surface area contributed by atoms with Gasteiger partial charge in [0.25, 0.3) is 5.91 Å². The highest BCUT2D eigenvalue weighted by Crippen LogP contribution is 2.19. The highest BCUT2D eigenvalue weighted by Gasteiger charge is 2.33. The molecule has 0 aliphatic heterocycles. The van der Waals surface area contributed by atoms with Crippen LogP contribution in [0.1, 0.15) is 5.56 Å². The van der Waals surface area contributed by atoms with Gasteiger partial charge in [0, 0.05) is 6.54 Å². The fourth-order valence-electron chi connectivity index (χ4n) is 1.82. The van der Waals surface area contributed by atoms with E-state index < -0.39 is 31.1 Å². The molecule has 0 saturated heterocycles. The van der Waals surface area contributed by atoms with Crippen LogP contribution in [0.4, 0.5) is 17.6 Å². The minimum absolute atomic E-state index is 0.144. The molecule has 1 amide bonds. The molecule has 1 heterocycles. The second kappa shape index (κ2) is 7.45. The van der Waals surface area contributed by atoms with Gasteiger partial charge in [-0.25, -0.2) is 4.39 Å². The van der Waals surface area contributed by atoms with Gasteiger partial charge in [-0.3, -0.25) is 4.79 Å². The number of hydrogen-bond acceptors (Lipinski definition) is 3. The molecule has 23 heavy (non-hydrogen) atoms. The Morgan fingerprint density at radius 3 is 2.43 bits per heavy atom. The number of carbonyl (C=O) groups excluding carboxylic acids is 1. The zero-order valence-electron chi connectivity index (χ0n) is 11.8. The van der Waals surface area contributed by atoms with Gasteiger partial charge in [-0.1, -0.05) is 0 Å². The zero-order valence-corrected chi connectivity index (χ0v) is 12.7. The molecule has 1 aromatic carbocycles. The highest BCUT2D eigenvalue weighted by molar-refractivity contribution is 7.07. The summed E-state index contributed by atoms with van der Waals surface area (Å²) in [6, 6.07) is 6.53. The number of thiophene rings is 1. The lowest BCUT2D eigenvalue weighted by Crippen LogP contribution is -2.40. The molecule has 0 unspecified atom stereocenters. The minimum atomic E-state index is -4.50. The maximum Gasteiger partial charge on any atom is 0.406 e. The van der Waals surface area contributed by atoms with Crippen LogP contribution in [0.15, 0.2) is 41.1 Å². The van der Waals surface area contributed by atoms with Crippen molar-refractivity contribution in [2.45, 2.75) is 12.7 Å². The molecule has 0 aliphatic carbocycles. The molecule has 124 valence electrons. The van der Waals surface area contributed by atoms with Crippen LogP contribution in [0.5, 0.6) is 5.75 Å². The Morgan fingerprint density at radius 1 is 1.17 bits per heavy atom. The monoisotopic (exact) mass is 347 g/mol. The maximum atomic E-state index is 12.8. The Labute approximate surface area is 134 Å². The van der Waals surface area contributed by atoms with Crippen LogP contribution in [0.3, 0.4) is 0 Å². The van der Waals surface area contributed by atoms with E-state index in [1.54, 1.807) is 16.8 Å². The van der Waals surface area contributed by atoms with E-state index in [0.717, 1.165) is 12.1 Å². The molecule has 0 atom stereocenters.